The highest BCUT2D eigenvalue weighted by molar-refractivity contribution is 7.78. The summed E-state index contributed by atoms with van der Waals surface area (Å²) in [5.41, 5.74) is -10.5. The number of hydrogen-bond donors (Lipinski definition) is 6. The Kier molecular flexibility index (Phi) is 31.9. The maximum absolute atomic E-state index is 14.6. The second-order valence-electron chi connectivity index (χ2n) is 39.5. The van der Waals surface area contributed by atoms with Gasteiger partial charge in [-0.15, -0.1) is 0 Å². The smallest absolute Gasteiger partial charge is 0.413 e. The molecule has 8 rings (SSSR count). The summed E-state index contributed by atoms with van der Waals surface area (Å²) in [5.74, 6) is 0.138. The number of alkyl halides is 12. The van der Waals surface area contributed by atoms with Gasteiger partial charge in [0, 0.05) is 48.4 Å². The van der Waals surface area contributed by atoms with Crippen molar-refractivity contribution in [2.45, 2.75) is 346 Å². The number of fused-ring (bicyclic) bond motifs is 2. The van der Waals surface area contributed by atoms with Gasteiger partial charge in [0.05, 0.1) is 29.5 Å². The summed E-state index contributed by atoms with van der Waals surface area (Å²) in [7, 11) is -7.26. The van der Waals surface area contributed by atoms with E-state index < -0.39 is 100 Å². The predicted octanol–water partition coefficient (Wildman–Crippen LogP) is 22.5. The SMILES string of the molecule is C=C1/C(=C\C=C2/CCC[C@@]3(C)C2CCC3C(C)(C/C=C/C(O)(C(F)(F)F)C(F)(F)F)CCCC(C)(C)O)C[C@@H](O)C[C@@H]1O.CC(C)(C)[Si](C)(C)OC1C/C(=C/CP(=O)(c2ccccc2)c2ccccc2)C(=O)[C@@H](O[Si](C)(C)C(C)(C)C)C1.CC(C)(O)CCCC(C)(C/C=C/C(O)(C(F)(F)F)C(F)(F)F)C1CCC2C(=O)CCC[C@@]21C. The third-order valence-electron chi connectivity index (χ3n) is 27.4. The fraction of sp³-hybridized carbons (Fsp3) is 0.708. The molecule has 12 atom stereocenters. The van der Waals surface area contributed by atoms with E-state index in [-0.39, 0.29) is 93.7 Å². The van der Waals surface area contributed by atoms with Crippen molar-refractivity contribution in [2.75, 3.05) is 6.16 Å². The average Bonchev–Trinajstić information content (AvgIpc) is 1.62. The molecule has 6 saturated carbocycles. The summed E-state index contributed by atoms with van der Waals surface area (Å²) >= 11 is 0. The van der Waals surface area contributed by atoms with Gasteiger partial charge in [-0.05, 0) is 235 Å². The van der Waals surface area contributed by atoms with Crippen LogP contribution in [-0.4, -0.2) is 137 Å². The van der Waals surface area contributed by atoms with E-state index in [0.717, 1.165) is 73.3 Å². The van der Waals surface area contributed by atoms with Crippen LogP contribution in [0.1, 0.15) is 238 Å². The van der Waals surface area contributed by atoms with Crippen LogP contribution in [-0.2, 0) is 23.0 Å². The Morgan fingerprint density at radius 3 is 1.37 bits per heavy atom. The largest absolute Gasteiger partial charge is 0.429 e. The van der Waals surface area contributed by atoms with Gasteiger partial charge < -0.3 is 44.1 Å². The number of hydrogen-bond acceptors (Lipinski definition) is 11. The number of Topliss-reactive ketones (excluding diaryl/α,β-unsaturated/α-hetero) is 2. The fourth-order valence-corrected chi connectivity index (χ4v) is 23.9. The molecule has 7 unspecified atom stereocenters. The minimum Gasteiger partial charge on any atom is -0.413 e. The molecule has 0 heterocycles. The van der Waals surface area contributed by atoms with Crippen LogP contribution >= 0.6 is 7.14 Å². The van der Waals surface area contributed by atoms with Crippen molar-refractivity contribution in [3.8, 4) is 0 Å². The molecule has 0 saturated heterocycles. The molecule has 6 aliphatic rings. The highest BCUT2D eigenvalue weighted by Gasteiger charge is 2.70. The van der Waals surface area contributed by atoms with E-state index in [0.29, 0.717) is 94.4 Å². The van der Waals surface area contributed by atoms with Crippen LogP contribution in [0, 0.1) is 45.3 Å². The lowest BCUT2D eigenvalue weighted by molar-refractivity contribution is -0.348. The van der Waals surface area contributed by atoms with E-state index >= 15 is 0 Å². The molecular weight excluding hydrogens is 1560 g/mol. The van der Waals surface area contributed by atoms with Crippen LogP contribution in [0.3, 0.4) is 0 Å². The third kappa shape index (κ3) is 23.9. The van der Waals surface area contributed by atoms with Crippen molar-refractivity contribution in [1.29, 1.82) is 0 Å². The van der Waals surface area contributed by atoms with E-state index in [1.165, 1.54) is 5.57 Å². The van der Waals surface area contributed by atoms with Gasteiger partial charge in [0.25, 0.3) is 11.2 Å². The van der Waals surface area contributed by atoms with Crippen LogP contribution in [0.2, 0.25) is 36.3 Å². The van der Waals surface area contributed by atoms with Crippen LogP contribution in [0.5, 0.6) is 0 Å². The summed E-state index contributed by atoms with van der Waals surface area (Å²) in [6.45, 7) is 40.8. The van der Waals surface area contributed by atoms with Crippen LogP contribution in [0.15, 0.2) is 132 Å². The Morgan fingerprint density at radius 2 is 0.948 bits per heavy atom. The molecule has 2 aromatic carbocycles. The van der Waals surface area contributed by atoms with Crippen molar-refractivity contribution < 1.29 is 106 Å². The van der Waals surface area contributed by atoms with Crippen molar-refractivity contribution in [3.05, 3.63) is 132 Å². The minimum absolute atomic E-state index is 0.0132. The topological polar surface area (TPSA) is 191 Å². The van der Waals surface area contributed by atoms with Gasteiger partial charge in [0.2, 0.25) is 0 Å². The number of benzene rings is 2. The van der Waals surface area contributed by atoms with Crippen molar-refractivity contribution in [2.24, 2.45) is 45.3 Å². The first-order chi connectivity index (χ1) is 52.2. The zero-order valence-electron chi connectivity index (χ0n) is 71.1. The molecule has 26 heteroatoms. The predicted molar refractivity (Wildman–Crippen MR) is 437 cm³/mol. The number of rotatable bonds is 25. The second kappa shape index (κ2) is 36.8. The Balaban J connectivity index is 0.000000271. The van der Waals surface area contributed by atoms with Gasteiger partial charge in [-0.1, -0.05) is 185 Å². The zero-order chi connectivity index (χ0) is 87.4. The molecule has 2 aromatic rings. The quantitative estimate of drug-likeness (QED) is 0.0182. The van der Waals surface area contributed by atoms with E-state index in [2.05, 4.69) is 81.2 Å². The Labute approximate surface area is 678 Å². The highest BCUT2D eigenvalue weighted by Crippen LogP contribution is 2.65. The van der Waals surface area contributed by atoms with Gasteiger partial charge in [-0.25, -0.2) is 0 Å². The zero-order valence-corrected chi connectivity index (χ0v) is 74.0. The standard InChI is InChI=1S/C33H48F6O4.C32H49O4PSi2.C24H36F6O3/c1-21-23(19-24(40)20-26(21)41)11-10-22-9-6-17-30(5)25(22)12-13-27(30)29(4,15-7-14-28(2,3)42)16-8-18-31(43,32(34,35)36)33(37,38)39;1-31(2,3)38(7,8)35-26-23-25(30(33)29(24-26)36-39(9,10)32(4,5)6)21-22-37(34,27-17-13-11-14-18-27)28-19-15-12-16-20-28;1-19(2,32)11-6-12-20(3,13-7-15-22(33,23(25,26)27)24(28,29)30)18-10-9-16-17(31)8-5-14-21(16,18)4/h8,10-11,18,24-27,40-43H,1,6-7,9,12-17,19-20H2,2-5H3;11-21,26,29H,22-24H2,1-10H3;7,15-16,18,32-33H,5-6,8-14H2,1-4H3/b18-8+,22-10+,23-11-;25-21-;15-7+/t24-,25?,26+,27?,29?,30+;26?,29-;16?,18?,20?,21-/m100/s1. The van der Waals surface area contributed by atoms with Crippen LogP contribution < -0.4 is 10.6 Å². The second-order valence-corrected chi connectivity index (χ2v) is 51.9. The average molecular weight is 1690 g/mol. The van der Waals surface area contributed by atoms with E-state index in [1.54, 1.807) is 27.7 Å². The lowest BCUT2D eigenvalue weighted by Crippen LogP contribution is -2.55. The highest BCUT2D eigenvalue weighted by atomic mass is 31.2. The van der Waals surface area contributed by atoms with Gasteiger partial charge in [0.15, 0.2) is 22.4 Å². The van der Waals surface area contributed by atoms with E-state index in [4.69, 9.17) is 8.85 Å². The molecule has 6 fully saturated rings. The summed E-state index contributed by atoms with van der Waals surface area (Å²) in [5, 5.41) is 61.5. The first-order valence-corrected chi connectivity index (χ1v) is 48.7. The summed E-state index contributed by atoms with van der Waals surface area (Å²) in [6, 6.07) is 19.3. The summed E-state index contributed by atoms with van der Waals surface area (Å²) in [4.78, 5) is 26.5. The first kappa shape index (κ1) is 99.5. The summed E-state index contributed by atoms with van der Waals surface area (Å²) < 4.78 is 187. The van der Waals surface area contributed by atoms with Gasteiger partial charge in [0.1, 0.15) is 19.0 Å². The Bertz CT molecular complexity index is 3750. The van der Waals surface area contributed by atoms with E-state index in [1.807, 2.05) is 99.7 Å². The number of carbonyl (C=O) groups excluding carboxylic acids is 2. The summed E-state index contributed by atoms with van der Waals surface area (Å²) in [6.07, 6.45) is -6.26. The molecule has 11 nitrogen and oxygen atoms in total. The molecule has 0 bridgehead atoms. The lowest BCUT2D eigenvalue weighted by atomic mass is 9.55. The number of carbonyl (C=O) groups is 2. The monoisotopic (exact) mass is 1690 g/mol. The number of aliphatic hydroxyl groups excluding tert-OH is 2. The molecule has 0 amide bonds. The van der Waals surface area contributed by atoms with Gasteiger partial charge in [-0.3, -0.25) is 9.59 Å². The maximum atomic E-state index is 14.6. The molecule has 115 heavy (non-hydrogen) atoms. The third-order valence-corrected chi connectivity index (χ3v) is 39.4. The molecule has 0 spiro atoms. The molecule has 652 valence electrons. The molecule has 0 radical (unpaired) electrons. The first-order valence-electron chi connectivity index (χ1n) is 41.0. The van der Waals surface area contributed by atoms with Crippen molar-refractivity contribution >= 4 is 46.0 Å². The van der Waals surface area contributed by atoms with E-state index in [9.17, 15) is 97.5 Å². The molecule has 6 aliphatic carbocycles. The van der Waals surface area contributed by atoms with Gasteiger partial charge >= 0.3 is 24.7 Å². The number of halogens is 12. The van der Waals surface area contributed by atoms with Crippen LogP contribution in [0.4, 0.5) is 52.7 Å². The molecule has 6 N–H and O–H groups in total. The number of aliphatic hydroxyl groups is 6. The molecular formula is C89H133F12O11PSi2. The Morgan fingerprint density at radius 1 is 0.539 bits per heavy atom. The number of allylic oxidation sites excluding steroid dienone is 6. The molecule has 0 aliphatic heterocycles. The number of ketones is 2. The Hall–Kier alpha value is -4.28. The maximum Gasteiger partial charge on any atom is 0.429 e. The normalized spacial score (nSPS) is 27.8. The van der Waals surface area contributed by atoms with Crippen molar-refractivity contribution in [3.63, 3.8) is 0 Å². The van der Waals surface area contributed by atoms with Gasteiger partial charge in [-0.2, -0.15) is 52.7 Å². The van der Waals surface area contributed by atoms with Crippen molar-refractivity contribution in [1.82, 2.24) is 0 Å². The van der Waals surface area contributed by atoms with Crippen LogP contribution in [0.25, 0.3) is 0 Å². The molecule has 0 aromatic heterocycles. The minimum atomic E-state index is -5.92. The lowest BCUT2D eigenvalue weighted by Gasteiger charge is -2.49. The fourth-order valence-electron chi connectivity index (χ4n) is 18.7.